The number of carbonyl (C=O) groups is 2. The third-order valence-corrected chi connectivity index (χ3v) is 7.10. The van der Waals surface area contributed by atoms with Gasteiger partial charge in [-0.15, -0.1) is 0 Å². The van der Waals surface area contributed by atoms with Crippen molar-refractivity contribution in [3.05, 3.63) is 93.5 Å². The summed E-state index contributed by atoms with van der Waals surface area (Å²) in [4.78, 5) is 32.1. The molecule has 5 rings (SSSR count). The van der Waals surface area contributed by atoms with Gasteiger partial charge in [0.15, 0.2) is 16.8 Å². The van der Waals surface area contributed by atoms with Crippen molar-refractivity contribution in [2.24, 2.45) is 0 Å². The molecule has 1 atom stereocenters. The molecule has 1 aromatic heterocycles. The molecule has 0 aliphatic carbocycles. The van der Waals surface area contributed by atoms with E-state index in [1.165, 1.54) is 19.2 Å². The molecule has 0 bridgehead atoms. The number of carbonyl (C=O) groups excluding carboxylic acids is 2. The molecule has 1 unspecified atom stereocenters. The fraction of sp³-hybridized carbons (Fsp3) is 0.115. The number of nitrogens with zero attached hydrogens (tertiary/aromatic N) is 2. The number of Topliss-reactive ketones (excluding diaryl/α,β-unsaturated/α-hetero) is 1. The molecule has 3 aromatic carbocycles. The van der Waals surface area contributed by atoms with E-state index in [1.807, 2.05) is 13.0 Å². The van der Waals surface area contributed by atoms with Crippen LogP contribution in [0.15, 0.2) is 60.2 Å². The third kappa shape index (κ3) is 3.90. The van der Waals surface area contributed by atoms with Gasteiger partial charge in [0, 0.05) is 11.1 Å². The number of amides is 1. The lowest BCUT2D eigenvalue weighted by Gasteiger charge is -2.23. The summed E-state index contributed by atoms with van der Waals surface area (Å²) < 4.78 is 33.3. The van der Waals surface area contributed by atoms with Gasteiger partial charge in [0.25, 0.3) is 5.78 Å². The maximum absolute atomic E-state index is 13.8. The summed E-state index contributed by atoms with van der Waals surface area (Å²) >= 11 is 7.07. The van der Waals surface area contributed by atoms with Gasteiger partial charge in [-0.1, -0.05) is 52.8 Å². The van der Waals surface area contributed by atoms with Crippen LogP contribution in [-0.2, 0) is 9.59 Å². The fourth-order valence-electron chi connectivity index (χ4n) is 4.21. The summed E-state index contributed by atoms with van der Waals surface area (Å²) in [7, 11) is 1.40. The first-order chi connectivity index (χ1) is 17.2. The lowest BCUT2D eigenvalue weighted by molar-refractivity contribution is -0.132. The zero-order valence-electron chi connectivity index (χ0n) is 18.9. The molecule has 0 saturated carbocycles. The second kappa shape index (κ2) is 9.00. The molecule has 10 heteroatoms. The summed E-state index contributed by atoms with van der Waals surface area (Å²) in [5, 5.41) is 11.7. The van der Waals surface area contributed by atoms with Crippen LogP contribution in [-0.4, -0.2) is 28.9 Å². The Labute approximate surface area is 213 Å². The molecule has 1 saturated heterocycles. The Hall–Kier alpha value is -3.82. The van der Waals surface area contributed by atoms with Gasteiger partial charge >= 0.3 is 5.91 Å². The number of aromatic nitrogens is 1. The second-order valence-electron chi connectivity index (χ2n) is 8.16. The zero-order valence-corrected chi connectivity index (χ0v) is 20.5. The summed E-state index contributed by atoms with van der Waals surface area (Å²) in [5.41, 5.74) is 1.47. The standard InChI is InChI=1S/C26H17ClF2N2O4S/c1-12-4-3-5-13(8-12)22-21(23(32)15-9-14(27)6-7-19(15)35-2)24(33)25(34)31(22)26-30-18-10-16(28)17(29)11-20(18)36-26/h3-11,22,32H,1-2H3/b23-21+. The summed E-state index contributed by atoms with van der Waals surface area (Å²) in [6, 6.07) is 12.5. The first-order valence-electron chi connectivity index (χ1n) is 10.7. The number of fused-ring (bicyclic) bond motifs is 1. The predicted molar refractivity (Wildman–Crippen MR) is 134 cm³/mol. The fourth-order valence-corrected chi connectivity index (χ4v) is 5.38. The van der Waals surface area contributed by atoms with Crippen LogP contribution < -0.4 is 9.64 Å². The molecule has 1 fully saturated rings. The van der Waals surface area contributed by atoms with Crippen molar-refractivity contribution in [2.45, 2.75) is 13.0 Å². The van der Waals surface area contributed by atoms with Gasteiger partial charge in [0.2, 0.25) is 0 Å². The Morgan fingerprint density at radius 1 is 1.11 bits per heavy atom. The first kappa shape index (κ1) is 23.9. The summed E-state index contributed by atoms with van der Waals surface area (Å²) in [5.74, 6) is -4.24. The molecule has 2 heterocycles. The summed E-state index contributed by atoms with van der Waals surface area (Å²) in [6.07, 6.45) is 0. The number of aliphatic hydroxyl groups excluding tert-OH is 1. The molecule has 1 amide bonds. The minimum Gasteiger partial charge on any atom is -0.507 e. The zero-order chi connectivity index (χ0) is 25.7. The van der Waals surface area contributed by atoms with Crippen molar-refractivity contribution in [3.63, 3.8) is 0 Å². The minimum atomic E-state index is -1.08. The summed E-state index contributed by atoms with van der Waals surface area (Å²) in [6.45, 7) is 1.85. The number of ether oxygens (including phenoxy) is 1. The van der Waals surface area contributed by atoms with Crippen LogP contribution in [0.3, 0.4) is 0 Å². The highest BCUT2D eigenvalue weighted by atomic mass is 35.5. The van der Waals surface area contributed by atoms with E-state index in [-0.39, 0.29) is 32.6 Å². The lowest BCUT2D eigenvalue weighted by Crippen LogP contribution is -2.29. The normalized spacial score (nSPS) is 17.2. The van der Waals surface area contributed by atoms with E-state index >= 15 is 0 Å². The molecule has 1 aliphatic heterocycles. The van der Waals surface area contributed by atoms with Crippen molar-refractivity contribution in [1.82, 2.24) is 4.98 Å². The largest absolute Gasteiger partial charge is 0.507 e. The van der Waals surface area contributed by atoms with Crippen molar-refractivity contribution in [3.8, 4) is 5.75 Å². The number of anilines is 1. The van der Waals surface area contributed by atoms with E-state index in [0.29, 0.717) is 10.3 Å². The molecule has 0 spiro atoms. The maximum Gasteiger partial charge on any atom is 0.301 e. The van der Waals surface area contributed by atoms with Crippen molar-refractivity contribution >= 4 is 55.7 Å². The molecular formula is C26H17ClF2N2O4S. The van der Waals surface area contributed by atoms with Crippen LogP contribution >= 0.6 is 22.9 Å². The molecule has 4 aromatic rings. The Balaban J connectivity index is 1.77. The molecule has 182 valence electrons. The number of hydrogen-bond donors (Lipinski definition) is 1. The quantitative estimate of drug-likeness (QED) is 0.195. The van der Waals surface area contributed by atoms with E-state index < -0.39 is 35.1 Å². The topological polar surface area (TPSA) is 79.7 Å². The Morgan fingerprint density at radius 2 is 1.86 bits per heavy atom. The SMILES string of the molecule is COc1ccc(Cl)cc1/C(O)=C1\C(=O)C(=O)N(c2nc3cc(F)c(F)cc3s2)C1c1cccc(C)c1. The number of ketones is 1. The third-order valence-electron chi connectivity index (χ3n) is 5.84. The lowest BCUT2D eigenvalue weighted by atomic mass is 9.94. The van der Waals surface area contributed by atoms with Crippen molar-refractivity contribution < 1.29 is 28.2 Å². The van der Waals surface area contributed by atoms with E-state index in [2.05, 4.69) is 4.98 Å². The average Bonchev–Trinajstić information content (AvgIpc) is 3.36. The number of methoxy groups -OCH3 is 1. The molecule has 0 radical (unpaired) electrons. The number of aliphatic hydroxyl groups is 1. The van der Waals surface area contributed by atoms with E-state index in [0.717, 1.165) is 33.9 Å². The molecule has 1 aliphatic rings. The van der Waals surface area contributed by atoms with Gasteiger partial charge in [0.1, 0.15) is 11.5 Å². The molecular weight excluding hydrogens is 510 g/mol. The Morgan fingerprint density at radius 3 is 2.58 bits per heavy atom. The predicted octanol–water partition coefficient (Wildman–Crippen LogP) is 6.17. The van der Waals surface area contributed by atoms with Crippen molar-refractivity contribution in [2.75, 3.05) is 12.0 Å². The van der Waals surface area contributed by atoms with Crippen molar-refractivity contribution in [1.29, 1.82) is 0 Å². The van der Waals surface area contributed by atoms with Gasteiger partial charge in [0.05, 0.1) is 34.5 Å². The molecule has 1 N–H and O–H groups in total. The minimum absolute atomic E-state index is 0.0562. The monoisotopic (exact) mass is 526 g/mol. The second-order valence-corrected chi connectivity index (χ2v) is 9.60. The molecule has 36 heavy (non-hydrogen) atoms. The van der Waals surface area contributed by atoms with Gasteiger partial charge < -0.3 is 9.84 Å². The van der Waals surface area contributed by atoms with Gasteiger partial charge in [-0.05, 0) is 36.8 Å². The highest BCUT2D eigenvalue weighted by Crippen LogP contribution is 2.45. The smallest absolute Gasteiger partial charge is 0.301 e. The van der Waals surface area contributed by atoms with Gasteiger partial charge in [-0.25, -0.2) is 13.8 Å². The van der Waals surface area contributed by atoms with Gasteiger partial charge in [-0.2, -0.15) is 0 Å². The maximum atomic E-state index is 13.8. The van der Waals surface area contributed by atoms with E-state index in [4.69, 9.17) is 16.3 Å². The van der Waals surface area contributed by atoms with Crippen LogP contribution in [0.25, 0.3) is 16.0 Å². The Kier molecular flexibility index (Phi) is 5.97. The van der Waals surface area contributed by atoms with Crippen LogP contribution in [0, 0.1) is 18.6 Å². The number of aryl methyl sites for hydroxylation is 1. The Bertz CT molecular complexity index is 1560. The highest BCUT2D eigenvalue weighted by Gasteiger charge is 2.48. The number of rotatable bonds is 4. The first-order valence-corrected chi connectivity index (χ1v) is 11.9. The van der Waals surface area contributed by atoms with Crippen LogP contribution in [0.4, 0.5) is 13.9 Å². The average molecular weight is 527 g/mol. The van der Waals surface area contributed by atoms with E-state index in [1.54, 1.807) is 24.3 Å². The highest BCUT2D eigenvalue weighted by molar-refractivity contribution is 7.22. The van der Waals surface area contributed by atoms with Crippen LogP contribution in [0.5, 0.6) is 5.75 Å². The van der Waals surface area contributed by atoms with Crippen LogP contribution in [0.1, 0.15) is 22.7 Å². The van der Waals surface area contributed by atoms with Gasteiger partial charge in [-0.3, -0.25) is 14.5 Å². The number of benzene rings is 3. The van der Waals surface area contributed by atoms with Crippen LogP contribution in [0.2, 0.25) is 5.02 Å². The number of hydrogen-bond acceptors (Lipinski definition) is 6. The molecule has 6 nitrogen and oxygen atoms in total. The number of halogens is 3. The number of thiazole rings is 1. The van der Waals surface area contributed by atoms with E-state index in [9.17, 15) is 23.5 Å².